The van der Waals surface area contributed by atoms with Gasteiger partial charge in [-0.05, 0) is 47.9 Å². The molecule has 29 heavy (non-hydrogen) atoms. The molecule has 0 aromatic heterocycles. The Kier molecular flexibility index (Phi) is 4.13. The summed E-state index contributed by atoms with van der Waals surface area (Å²) in [7, 11) is 0. The summed E-state index contributed by atoms with van der Waals surface area (Å²) >= 11 is 0. The molecule has 2 fully saturated rings. The number of benzene rings is 2. The molecule has 150 valence electrons. The highest BCUT2D eigenvalue weighted by Gasteiger charge is 2.59. The molecule has 1 amide bonds. The van der Waals surface area contributed by atoms with Gasteiger partial charge in [-0.25, -0.2) is 9.59 Å². The summed E-state index contributed by atoms with van der Waals surface area (Å²) in [6, 6.07) is 16.4. The second kappa shape index (κ2) is 6.59. The van der Waals surface area contributed by atoms with Crippen molar-refractivity contribution < 1.29 is 24.2 Å². The lowest BCUT2D eigenvalue weighted by Gasteiger charge is -2.24. The third-order valence-electron chi connectivity index (χ3n) is 6.67. The first-order valence-electron chi connectivity index (χ1n) is 10.0. The predicted molar refractivity (Wildman–Crippen MR) is 106 cm³/mol. The molecule has 5 rings (SSSR count). The maximum atomic E-state index is 12.4. The zero-order valence-electron chi connectivity index (χ0n) is 16.0. The zero-order chi connectivity index (χ0) is 20.1. The van der Waals surface area contributed by atoms with E-state index in [1.165, 1.54) is 22.3 Å². The number of carbonyl (C=O) groups is 2. The van der Waals surface area contributed by atoms with E-state index in [2.05, 4.69) is 29.6 Å². The standard InChI is InChI=1S/C23H23NO5/c25-20(26)23-11-9-22(29-23,10-12-23)14-24-21(27)28-13-19-17-7-3-1-5-15(17)16-6-2-4-8-18(16)19/h1-8,19H,9-14H2,(H,24,27)(H,25,26). The lowest BCUT2D eigenvalue weighted by atomic mass is 9.82. The Morgan fingerprint density at radius 2 is 1.59 bits per heavy atom. The smallest absolute Gasteiger partial charge is 0.407 e. The molecule has 0 saturated carbocycles. The van der Waals surface area contributed by atoms with Gasteiger partial charge in [-0.1, -0.05) is 48.5 Å². The Bertz CT molecular complexity index is 931. The van der Waals surface area contributed by atoms with Crippen molar-refractivity contribution in [2.24, 2.45) is 0 Å². The quantitative estimate of drug-likeness (QED) is 0.809. The fourth-order valence-corrected chi connectivity index (χ4v) is 5.08. The molecule has 2 aromatic carbocycles. The molecule has 2 saturated heterocycles. The van der Waals surface area contributed by atoms with Gasteiger partial charge in [-0.2, -0.15) is 0 Å². The summed E-state index contributed by atoms with van der Waals surface area (Å²) in [5.41, 5.74) is 3.06. The van der Waals surface area contributed by atoms with Gasteiger partial charge < -0.3 is 19.9 Å². The molecule has 0 atom stereocenters. The van der Waals surface area contributed by atoms with Crippen molar-refractivity contribution in [3.05, 3.63) is 59.7 Å². The van der Waals surface area contributed by atoms with Crippen LogP contribution in [0.3, 0.4) is 0 Å². The lowest BCUT2D eigenvalue weighted by molar-refractivity contribution is -0.162. The van der Waals surface area contributed by atoms with Gasteiger partial charge in [0.2, 0.25) is 0 Å². The third kappa shape index (κ3) is 2.90. The number of ether oxygens (including phenoxy) is 2. The molecule has 6 heteroatoms. The number of carboxylic acids is 1. The predicted octanol–water partition coefficient (Wildman–Crippen LogP) is 3.69. The van der Waals surface area contributed by atoms with Crippen LogP contribution in [0.15, 0.2) is 48.5 Å². The molecule has 2 heterocycles. The molecular weight excluding hydrogens is 370 g/mol. The van der Waals surface area contributed by atoms with E-state index in [4.69, 9.17) is 9.47 Å². The molecule has 6 nitrogen and oxygen atoms in total. The Hall–Kier alpha value is -2.86. The molecule has 3 aliphatic rings. The van der Waals surface area contributed by atoms with Crippen LogP contribution in [0, 0.1) is 0 Å². The Morgan fingerprint density at radius 3 is 2.14 bits per heavy atom. The van der Waals surface area contributed by atoms with Gasteiger partial charge in [0.25, 0.3) is 0 Å². The monoisotopic (exact) mass is 393 g/mol. The van der Waals surface area contributed by atoms with Crippen molar-refractivity contribution in [2.45, 2.75) is 42.8 Å². The number of rotatable bonds is 5. The molecule has 2 bridgehead atoms. The second-order valence-electron chi connectivity index (χ2n) is 8.26. The summed E-state index contributed by atoms with van der Waals surface area (Å²) in [5.74, 6) is -0.891. The van der Waals surface area contributed by atoms with Gasteiger partial charge in [-0.15, -0.1) is 0 Å². The van der Waals surface area contributed by atoms with Crippen molar-refractivity contribution in [3.8, 4) is 11.1 Å². The van der Waals surface area contributed by atoms with Gasteiger partial charge in [-0.3, -0.25) is 0 Å². The van der Waals surface area contributed by atoms with Gasteiger partial charge in [0.1, 0.15) is 6.61 Å². The molecule has 2 N–H and O–H groups in total. The highest BCUT2D eigenvalue weighted by Crippen LogP contribution is 2.50. The van der Waals surface area contributed by atoms with Crippen LogP contribution in [-0.2, 0) is 14.3 Å². The Labute approximate surface area is 168 Å². The Balaban J connectivity index is 1.22. The molecule has 1 aliphatic carbocycles. The number of carboxylic acid groups (broad SMARTS) is 1. The number of carbonyl (C=O) groups excluding carboxylic acids is 1. The number of hydrogen-bond acceptors (Lipinski definition) is 4. The number of aliphatic carboxylic acids is 1. The van der Waals surface area contributed by atoms with E-state index in [0.717, 1.165) is 0 Å². The van der Waals surface area contributed by atoms with Crippen molar-refractivity contribution in [1.29, 1.82) is 0 Å². The van der Waals surface area contributed by atoms with Gasteiger partial charge in [0, 0.05) is 12.5 Å². The minimum Gasteiger partial charge on any atom is -0.479 e. The number of nitrogens with one attached hydrogen (secondary N) is 1. The van der Waals surface area contributed by atoms with Crippen molar-refractivity contribution >= 4 is 12.1 Å². The van der Waals surface area contributed by atoms with Gasteiger partial charge >= 0.3 is 12.1 Å². The van der Waals surface area contributed by atoms with E-state index in [0.29, 0.717) is 25.7 Å². The highest BCUT2D eigenvalue weighted by atomic mass is 16.6. The summed E-state index contributed by atoms with van der Waals surface area (Å²) in [6.07, 6.45) is 1.78. The van der Waals surface area contributed by atoms with Crippen LogP contribution < -0.4 is 5.32 Å². The number of alkyl carbamates (subject to hydrolysis) is 1. The largest absolute Gasteiger partial charge is 0.479 e. The first-order chi connectivity index (χ1) is 14.0. The van der Waals surface area contributed by atoms with Crippen molar-refractivity contribution in [2.75, 3.05) is 13.2 Å². The second-order valence-corrected chi connectivity index (χ2v) is 8.26. The van der Waals surface area contributed by atoms with Crippen LogP contribution in [-0.4, -0.2) is 41.5 Å². The summed E-state index contributed by atoms with van der Waals surface area (Å²) in [4.78, 5) is 23.8. The zero-order valence-corrected chi connectivity index (χ0v) is 16.0. The average Bonchev–Trinajstić information content (AvgIpc) is 3.41. The van der Waals surface area contributed by atoms with Crippen LogP contribution in [0.5, 0.6) is 0 Å². The number of fused-ring (bicyclic) bond motifs is 5. The molecule has 0 radical (unpaired) electrons. The maximum absolute atomic E-state index is 12.4. The lowest BCUT2D eigenvalue weighted by Crippen LogP contribution is -2.41. The first kappa shape index (κ1) is 18.2. The summed E-state index contributed by atoms with van der Waals surface area (Å²) < 4.78 is 11.4. The number of hydrogen-bond donors (Lipinski definition) is 2. The SMILES string of the molecule is O=C(NCC12CCC(C(=O)O)(CC1)O2)OCC1c2ccccc2-c2ccccc21. The van der Waals surface area contributed by atoms with E-state index in [1.807, 2.05) is 24.3 Å². The van der Waals surface area contributed by atoms with Gasteiger partial charge in [0.15, 0.2) is 5.60 Å². The molecular formula is C23H23NO5. The van der Waals surface area contributed by atoms with Crippen molar-refractivity contribution in [3.63, 3.8) is 0 Å². The third-order valence-corrected chi connectivity index (χ3v) is 6.67. The minimum atomic E-state index is -1.07. The van der Waals surface area contributed by atoms with Crippen LogP contribution in [0.25, 0.3) is 11.1 Å². The topological polar surface area (TPSA) is 84.9 Å². The summed E-state index contributed by atoms with van der Waals surface area (Å²) in [5, 5.41) is 12.2. The van der Waals surface area contributed by atoms with Gasteiger partial charge in [0.05, 0.1) is 5.60 Å². The molecule has 0 spiro atoms. The molecule has 2 aliphatic heterocycles. The Morgan fingerprint density at radius 1 is 1.00 bits per heavy atom. The highest BCUT2D eigenvalue weighted by molar-refractivity contribution is 5.79. The normalized spacial score (nSPS) is 26.8. The van der Waals surface area contributed by atoms with Crippen LogP contribution in [0.2, 0.25) is 0 Å². The average molecular weight is 393 g/mol. The minimum absolute atomic E-state index is 0.0141. The van der Waals surface area contributed by atoms with E-state index in [9.17, 15) is 14.7 Å². The fourth-order valence-electron chi connectivity index (χ4n) is 5.08. The van der Waals surface area contributed by atoms with Crippen LogP contribution >= 0.6 is 0 Å². The van der Waals surface area contributed by atoms with E-state index in [1.54, 1.807) is 0 Å². The van der Waals surface area contributed by atoms with Crippen LogP contribution in [0.1, 0.15) is 42.7 Å². The molecule has 0 unspecified atom stereocenters. The number of amides is 1. The van der Waals surface area contributed by atoms with E-state index < -0.39 is 23.3 Å². The maximum Gasteiger partial charge on any atom is 0.407 e. The summed E-state index contributed by atoms with van der Waals surface area (Å²) in [6.45, 7) is 0.533. The van der Waals surface area contributed by atoms with E-state index >= 15 is 0 Å². The van der Waals surface area contributed by atoms with Crippen LogP contribution in [0.4, 0.5) is 4.79 Å². The molecule has 2 aromatic rings. The van der Waals surface area contributed by atoms with Crippen molar-refractivity contribution in [1.82, 2.24) is 5.32 Å². The fraction of sp³-hybridized carbons (Fsp3) is 0.391. The van der Waals surface area contributed by atoms with E-state index in [-0.39, 0.29) is 19.1 Å². The first-order valence-corrected chi connectivity index (χ1v) is 10.0.